The summed E-state index contributed by atoms with van der Waals surface area (Å²) in [7, 11) is 0. The van der Waals surface area contributed by atoms with Crippen LogP contribution in [-0.2, 0) is 19.9 Å². The molecule has 2 rings (SSSR count). The SMILES string of the molecule is C=CC(=O)OCCC(N=C=O)(c1ccccc1)c1ccccc1. The Bertz CT molecular complexity index is 664. The smallest absolute Gasteiger partial charge is 0.330 e. The van der Waals surface area contributed by atoms with E-state index in [1.165, 1.54) is 0 Å². The Labute approximate surface area is 135 Å². The summed E-state index contributed by atoms with van der Waals surface area (Å²) in [5.74, 6) is -0.505. The predicted molar refractivity (Wildman–Crippen MR) is 87.6 cm³/mol. The molecule has 0 bridgehead atoms. The topological polar surface area (TPSA) is 55.7 Å². The molecule has 0 aliphatic rings. The van der Waals surface area contributed by atoms with E-state index < -0.39 is 11.5 Å². The van der Waals surface area contributed by atoms with Crippen molar-refractivity contribution in [3.63, 3.8) is 0 Å². The first-order valence-electron chi connectivity index (χ1n) is 7.22. The summed E-state index contributed by atoms with van der Waals surface area (Å²) < 4.78 is 5.09. The first-order valence-corrected chi connectivity index (χ1v) is 7.22. The summed E-state index contributed by atoms with van der Waals surface area (Å²) in [6.07, 6.45) is 3.11. The molecule has 0 aliphatic heterocycles. The highest BCUT2D eigenvalue weighted by atomic mass is 16.5. The van der Waals surface area contributed by atoms with Gasteiger partial charge < -0.3 is 4.74 Å². The highest BCUT2D eigenvalue weighted by Crippen LogP contribution is 2.36. The molecule has 0 aliphatic carbocycles. The van der Waals surface area contributed by atoms with Gasteiger partial charge >= 0.3 is 5.97 Å². The van der Waals surface area contributed by atoms with Gasteiger partial charge in [-0.15, -0.1) is 0 Å². The van der Waals surface area contributed by atoms with Crippen LogP contribution in [-0.4, -0.2) is 18.7 Å². The number of hydrogen-bond donors (Lipinski definition) is 0. The first-order chi connectivity index (χ1) is 11.2. The van der Waals surface area contributed by atoms with E-state index in [4.69, 9.17) is 4.74 Å². The highest BCUT2D eigenvalue weighted by molar-refractivity contribution is 5.81. The molecular weight excluding hydrogens is 290 g/mol. The summed E-state index contributed by atoms with van der Waals surface area (Å²) in [5.41, 5.74) is 0.736. The maximum Gasteiger partial charge on any atom is 0.330 e. The number of hydrogen-bond acceptors (Lipinski definition) is 4. The van der Waals surface area contributed by atoms with Gasteiger partial charge in [-0.05, 0) is 11.1 Å². The van der Waals surface area contributed by atoms with Gasteiger partial charge in [0.15, 0.2) is 0 Å². The van der Waals surface area contributed by atoms with Crippen molar-refractivity contribution in [3.8, 4) is 0 Å². The van der Waals surface area contributed by atoms with Gasteiger partial charge in [0.2, 0.25) is 6.08 Å². The minimum absolute atomic E-state index is 0.111. The van der Waals surface area contributed by atoms with Crippen molar-refractivity contribution in [1.82, 2.24) is 0 Å². The molecule has 23 heavy (non-hydrogen) atoms. The van der Waals surface area contributed by atoms with Gasteiger partial charge in [-0.1, -0.05) is 67.2 Å². The number of ether oxygens (including phenoxy) is 1. The Kier molecular flexibility index (Phi) is 5.61. The molecule has 4 heteroatoms. The molecular formula is C19H17NO3. The third-order valence-corrected chi connectivity index (χ3v) is 3.61. The minimum atomic E-state index is -0.939. The lowest BCUT2D eigenvalue weighted by molar-refractivity contribution is -0.138. The summed E-state index contributed by atoms with van der Waals surface area (Å²) in [5, 5.41) is 0. The number of rotatable bonds is 7. The van der Waals surface area contributed by atoms with E-state index in [1.807, 2.05) is 60.7 Å². The molecule has 0 saturated heterocycles. The second-order valence-electron chi connectivity index (χ2n) is 4.92. The zero-order valence-electron chi connectivity index (χ0n) is 12.6. The van der Waals surface area contributed by atoms with Gasteiger partial charge in [0.05, 0.1) is 6.61 Å². The average Bonchev–Trinajstić information content (AvgIpc) is 2.62. The maximum absolute atomic E-state index is 11.3. The van der Waals surface area contributed by atoms with Crippen LogP contribution in [0.4, 0.5) is 0 Å². The van der Waals surface area contributed by atoms with Crippen LogP contribution in [0.1, 0.15) is 17.5 Å². The van der Waals surface area contributed by atoms with Crippen molar-refractivity contribution in [2.24, 2.45) is 4.99 Å². The molecule has 4 nitrogen and oxygen atoms in total. The molecule has 0 amide bonds. The molecule has 2 aromatic carbocycles. The normalized spacial score (nSPS) is 10.4. The Hall–Kier alpha value is -2.97. The van der Waals surface area contributed by atoms with E-state index >= 15 is 0 Å². The number of benzene rings is 2. The lowest BCUT2D eigenvalue weighted by Crippen LogP contribution is -2.27. The number of aliphatic imine (C=N–C) groups is 1. The van der Waals surface area contributed by atoms with Crippen molar-refractivity contribution in [1.29, 1.82) is 0 Å². The van der Waals surface area contributed by atoms with E-state index in [-0.39, 0.29) is 6.61 Å². The van der Waals surface area contributed by atoms with Crippen molar-refractivity contribution in [2.45, 2.75) is 12.0 Å². The van der Waals surface area contributed by atoms with Crippen LogP contribution in [0, 0.1) is 0 Å². The summed E-state index contributed by atoms with van der Waals surface area (Å²) in [4.78, 5) is 26.5. The van der Waals surface area contributed by atoms with E-state index in [0.29, 0.717) is 6.42 Å². The monoisotopic (exact) mass is 307 g/mol. The van der Waals surface area contributed by atoms with Crippen molar-refractivity contribution in [2.75, 3.05) is 6.61 Å². The minimum Gasteiger partial charge on any atom is -0.462 e. The third kappa shape index (κ3) is 3.82. The molecule has 0 saturated carbocycles. The number of esters is 1. The molecule has 0 spiro atoms. The van der Waals surface area contributed by atoms with E-state index in [2.05, 4.69) is 11.6 Å². The van der Waals surface area contributed by atoms with Gasteiger partial charge in [-0.25, -0.2) is 9.59 Å². The molecule has 0 radical (unpaired) electrons. The van der Waals surface area contributed by atoms with Crippen LogP contribution in [0.3, 0.4) is 0 Å². The van der Waals surface area contributed by atoms with Gasteiger partial charge in [-0.2, -0.15) is 4.99 Å². The van der Waals surface area contributed by atoms with Crippen molar-refractivity contribution >= 4 is 12.0 Å². The average molecular weight is 307 g/mol. The number of carbonyl (C=O) groups excluding carboxylic acids is 2. The molecule has 0 unspecified atom stereocenters. The van der Waals surface area contributed by atoms with Crippen molar-refractivity contribution in [3.05, 3.63) is 84.4 Å². The van der Waals surface area contributed by atoms with E-state index in [9.17, 15) is 9.59 Å². The van der Waals surface area contributed by atoms with Gasteiger partial charge in [0.1, 0.15) is 5.54 Å². The fourth-order valence-electron chi connectivity index (χ4n) is 2.50. The largest absolute Gasteiger partial charge is 0.462 e. The van der Waals surface area contributed by atoms with Crippen LogP contribution in [0.15, 0.2) is 78.3 Å². The standard InChI is InChI=1S/C19H17NO3/c1-2-18(22)23-14-13-19(20-15-21,16-9-5-3-6-10-16)17-11-7-4-8-12-17/h2-12H,1,13-14H2. The summed E-state index contributed by atoms with van der Waals surface area (Å²) >= 11 is 0. The number of nitrogens with zero attached hydrogens (tertiary/aromatic N) is 1. The summed E-state index contributed by atoms with van der Waals surface area (Å²) in [6, 6.07) is 18.9. The maximum atomic E-state index is 11.3. The van der Waals surface area contributed by atoms with Crippen LogP contribution in [0.2, 0.25) is 0 Å². The second kappa shape index (κ2) is 7.87. The zero-order valence-corrected chi connectivity index (χ0v) is 12.6. The van der Waals surface area contributed by atoms with Crippen LogP contribution in [0.25, 0.3) is 0 Å². The van der Waals surface area contributed by atoms with Crippen LogP contribution < -0.4 is 0 Å². The molecule has 0 N–H and O–H groups in total. The Balaban J connectivity index is 2.45. The second-order valence-corrected chi connectivity index (χ2v) is 4.92. The number of carbonyl (C=O) groups is 1. The Morgan fingerprint density at radius 3 is 2.04 bits per heavy atom. The Morgan fingerprint density at radius 2 is 1.61 bits per heavy atom. The highest BCUT2D eigenvalue weighted by Gasteiger charge is 2.34. The molecule has 0 aromatic heterocycles. The van der Waals surface area contributed by atoms with Gasteiger partial charge in [0, 0.05) is 12.5 Å². The lowest BCUT2D eigenvalue weighted by Gasteiger charge is -2.29. The molecule has 0 atom stereocenters. The van der Waals surface area contributed by atoms with E-state index in [1.54, 1.807) is 6.08 Å². The van der Waals surface area contributed by atoms with Gasteiger partial charge in [0.25, 0.3) is 0 Å². The zero-order chi connectivity index (χ0) is 16.5. The van der Waals surface area contributed by atoms with E-state index in [0.717, 1.165) is 17.2 Å². The quantitative estimate of drug-likeness (QED) is 0.341. The molecule has 0 fully saturated rings. The first kappa shape index (κ1) is 16.4. The molecule has 116 valence electrons. The third-order valence-electron chi connectivity index (χ3n) is 3.61. The fraction of sp³-hybridized carbons (Fsp3) is 0.158. The molecule has 0 heterocycles. The van der Waals surface area contributed by atoms with Gasteiger partial charge in [-0.3, -0.25) is 0 Å². The molecule has 2 aromatic rings. The summed E-state index contributed by atoms with van der Waals surface area (Å²) in [6.45, 7) is 3.48. The lowest BCUT2D eigenvalue weighted by atomic mass is 9.81. The Morgan fingerprint density at radius 1 is 1.09 bits per heavy atom. The predicted octanol–water partition coefficient (Wildman–Crippen LogP) is 3.39. The number of isocyanates is 1. The van der Waals surface area contributed by atoms with Crippen LogP contribution >= 0.6 is 0 Å². The fourth-order valence-corrected chi connectivity index (χ4v) is 2.50. The van der Waals surface area contributed by atoms with Crippen LogP contribution in [0.5, 0.6) is 0 Å². The van der Waals surface area contributed by atoms with Crippen molar-refractivity contribution < 1.29 is 14.3 Å².